The van der Waals surface area contributed by atoms with E-state index in [4.69, 9.17) is 5.11 Å². The molecule has 2 N–H and O–H groups in total. The fourth-order valence-corrected chi connectivity index (χ4v) is 5.74. The molecular weight excluding hydrogens is 498 g/mol. The number of thioether (sulfide) groups is 1. The van der Waals surface area contributed by atoms with E-state index < -0.39 is 5.97 Å². The van der Waals surface area contributed by atoms with E-state index in [0.29, 0.717) is 48.1 Å². The average Bonchev–Trinajstić information content (AvgIpc) is 3.34. The van der Waals surface area contributed by atoms with Crippen LogP contribution in [0, 0.1) is 0 Å². The van der Waals surface area contributed by atoms with Crippen molar-refractivity contribution in [3.8, 4) is 0 Å². The van der Waals surface area contributed by atoms with E-state index >= 15 is 0 Å². The molecule has 3 aromatic rings. The molecule has 0 bridgehead atoms. The molecule has 1 aliphatic rings. The monoisotopic (exact) mass is 523 g/mol. The minimum Gasteiger partial charge on any atom is -0.478 e. The summed E-state index contributed by atoms with van der Waals surface area (Å²) in [5.41, 5.74) is 2.16. The molecule has 4 rings (SSSR count). The first kappa shape index (κ1) is 25.5. The predicted molar refractivity (Wildman–Crippen MR) is 140 cm³/mol. The van der Waals surface area contributed by atoms with Crippen molar-refractivity contribution in [2.24, 2.45) is 0 Å². The number of amides is 3. The standard InChI is InChI=1S/C26H25N3O5S2/c1-17(30)28-11-13-29(14-12-28)25(32)21-4-2-3-18(15-21)16-35-23-10-9-22(36-23)27-24(31)19-5-7-20(8-6-19)26(33)34/h2-10,15H,11-14,16H2,1H3,(H,27,31)(H,33,34). The van der Waals surface area contributed by atoms with Crippen LogP contribution in [0.15, 0.2) is 64.9 Å². The Morgan fingerprint density at radius 3 is 2.22 bits per heavy atom. The number of rotatable bonds is 7. The molecule has 10 heteroatoms. The molecule has 0 saturated carbocycles. The van der Waals surface area contributed by atoms with Crippen LogP contribution in [-0.4, -0.2) is 64.8 Å². The highest BCUT2D eigenvalue weighted by molar-refractivity contribution is 8.00. The number of anilines is 1. The van der Waals surface area contributed by atoms with Gasteiger partial charge in [0.05, 0.1) is 14.8 Å². The molecule has 1 aromatic heterocycles. The van der Waals surface area contributed by atoms with Gasteiger partial charge >= 0.3 is 5.97 Å². The predicted octanol–water partition coefficient (Wildman–Crippen LogP) is 4.30. The van der Waals surface area contributed by atoms with Gasteiger partial charge in [0.1, 0.15) is 0 Å². The summed E-state index contributed by atoms with van der Waals surface area (Å²) in [5, 5.41) is 12.5. The Hall–Kier alpha value is -3.63. The van der Waals surface area contributed by atoms with Crippen molar-refractivity contribution in [1.82, 2.24) is 9.80 Å². The van der Waals surface area contributed by atoms with E-state index in [0.717, 1.165) is 9.77 Å². The van der Waals surface area contributed by atoms with Gasteiger partial charge in [-0.3, -0.25) is 14.4 Å². The van der Waals surface area contributed by atoms with Crippen LogP contribution in [-0.2, 0) is 10.5 Å². The number of nitrogens with one attached hydrogen (secondary N) is 1. The van der Waals surface area contributed by atoms with Crippen LogP contribution in [0.4, 0.5) is 5.00 Å². The summed E-state index contributed by atoms with van der Waals surface area (Å²) in [6, 6.07) is 17.1. The highest BCUT2D eigenvalue weighted by atomic mass is 32.2. The number of nitrogens with zero attached hydrogens (tertiary/aromatic N) is 2. The molecule has 0 atom stereocenters. The molecule has 1 fully saturated rings. The number of aromatic carboxylic acids is 1. The lowest BCUT2D eigenvalue weighted by Gasteiger charge is -2.34. The van der Waals surface area contributed by atoms with Gasteiger partial charge in [0.15, 0.2) is 0 Å². The van der Waals surface area contributed by atoms with E-state index in [9.17, 15) is 19.2 Å². The number of benzene rings is 2. The Bertz CT molecular complexity index is 1280. The molecule has 2 aromatic carbocycles. The number of carboxylic acid groups (broad SMARTS) is 1. The molecule has 2 heterocycles. The molecule has 1 saturated heterocycles. The second-order valence-corrected chi connectivity index (χ2v) is 10.6. The van der Waals surface area contributed by atoms with Gasteiger partial charge in [0.2, 0.25) is 5.91 Å². The van der Waals surface area contributed by atoms with Crippen molar-refractivity contribution >= 4 is 51.8 Å². The van der Waals surface area contributed by atoms with Gasteiger partial charge in [-0.1, -0.05) is 12.1 Å². The summed E-state index contributed by atoms with van der Waals surface area (Å²) < 4.78 is 1.02. The molecule has 0 aliphatic carbocycles. The molecular formula is C26H25N3O5S2. The van der Waals surface area contributed by atoms with Gasteiger partial charge in [-0.2, -0.15) is 0 Å². The summed E-state index contributed by atoms with van der Waals surface area (Å²) in [6.45, 7) is 3.73. The first-order chi connectivity index (χ1) is 17.3. The minimum atomic E-state index is -1.04. The summed E-state index contributed by atoms with van der Waals surface area (Å²) in [4.78, 5) is 51.4. The second-order valence-electron chi connectivity index (χ2n) is 8.24. The topological polar surface area (TPSA) is 107 Å². The highest BCUT2D eigenvalue weighted by Crippen LogP contribution is 2.33. The van der Waals surface area contributed by atoms with E-state index in [1.54, 1.807) is 28.5 Å². The van der Waals surface area contributed by atoms with Gasteiger partial charge in [0, 0.05) is 50.0 Å². The van der Waals surface area contributed by atoms with Crippen molar-refractivity contribution in [2.75, 3.05) is 31.5 Å². The zero-order valence-corrected chi connectivity index (χ0v) is 21.2. The Morgan fingerprint density at radius 2 is 1.56 bits per heavy atom. The van der Waals surface area contributed by atoms with Crippen LogP contribution < -0.4 is 5.32 Å². The lowest BCUT2D eigenvalue weighted by molar-refractivity contribution is -0.130. The number of piperazine rings is 1. The number of carboxylic acids is 1. The number of hydrogen-bond acceptors (Lipinski definition) is 6. The molecule has 8 nitrogen and oxygen atoms in total. The average molecular weight is 524 g/mol. The van der Waals surface area contributed by atoms with Crippen LogP contribution in [0.2, 0.25) is 0 Å². The number of carbonyl (C=O) groups is 4. The van der Waals surface area contributed by atoms with Crippen molar-refractivity contribution in [2.45, 2.75) is 16.9 Å². The summed E-state index contributed by atoms with van der Waals surface area (Å²) >= 11 is 3.06. The third kappa shape index (κ3) is 6.32. The quantitative estimate of drug-likeness (QED) is 0.448. The normalized spacial score (nSPS) is 13.4. The molecule has 1 aliphatic heterocycles. The summed E-state index contributed by atoms with van der Waals surface area (Å²) in [7, 11) is 0. The second kappa shape index (κ2) is 11.4. The van der Waals surface area contributed by atoms with Gasteiger partial charge in [-0.25, -0.2) is 4.79 Å². The molecule has 3 amide bonds. The lowest BCUT2D eigenvalue weighted by atomic mass is 10.1. The number of hydrogen-bond donors (Lipinski definition) is 2. The largest absolute Gasteiger partial charge is 0.478 e. The van der Waals surface area contributed by atoms with Crippen LogP contribution in [0.25, 0.3) is 0 Å². The maximum absolute atomic E-state index is 12.9. The number of thiophene rings is 1. The van der Waals surface area contributed by atoms with Crippen molar-refractivity contribution in [3.05, 3.63) is 82.9 Å². The third-order valence-electron chi connectivity index (χ3n) is 5.78. The molecule has 0 unspecified atom stereocenters. The Balaban J connectivity index is 1.31. The van der Waals surface area contributed by atoms with Crippen molar-refractivity contribution in [3.63, 3.8) is 0 Å². The van der Waals surface area contributed by atoms with Crippen molar-refractivity contribution in [1.29, 1.82) is 0 Å². The zero-order chi connectivity index (χ0) is 25.7. The van der Waals surface area contributed by atoms with Crippen LogP contribution in [0.3, 0.4) is 0 Å². The summed E-state index contributed by atoms with van der Waals surface area (Å²) in [5.74, 6) is -0.664. The fraction of sp³-hybridized carbons (Fsp3) is 0.231. The van der Waals surface area contributed by atoms with E-state index in [-0.39, 0.29) is 23.3 Å². The molecule has 36 heavy (non-hydrogen) atoms. The van der Waals surface area contributed by atoms with E-state index in [1.807, 2.05) is 36.4 Å². The smallest absolute Gasteiger partial charge is 0.335 e. The van der Waals surface area contributed by atoms with Crippen LogP contribution >= 0.6 is 23.1 Å². The summed E-state index contributed by atoms with van der Waals surface area (Å²) in [6.07, 6.45) is 0. The Kier molecular flexibility index (Phi) is 8.07. The first-order valence-electron chi connectivity index (χ1n) is 11.3. The van der Waals surface area contributed by atoms with Crippen LogP contribution in [0.5, 0.6) is 0 Å². The molecule has 0 radical (unpaired) electrons. The number of carbonyl (C=O) groups excluding carboxylic acids is 3. The first-order valence-corrected chi connectivity index (χ1v) is 13.1. The van der Waals surface area contributed by atoms with Crippen LogP contribution in [0.1, 0.15) is 43.6 Å². The third-order valence-corrected chi connectivity index (χ3v) is 8.08. The van der Waals surface area contributed by atoms with Gasteiger partial charge in [-0.05, 0) is 54.1 Å². The Labute approximate surface area is 216 Å². The molecule has 0 spiro atoms. The fourth-order valence-electron chi connectivity index (χ4n) is 3.77. The molecule has 186 valence electrons. The van der Waals surface area contributed by atoms with Gasteiger partial charge in [-0.15, -0.1) is 23.1 Å². The van der Waals surface area contributed by atoms with E-state index in [2.05, 4.69) is 5.32 Å². The lowest BCUT2D eigenvalue weighted by Crippen LogP contribution is -2.50. The Morgan fingerprint density at radius 1 is 0.889 bits per heavy atom. The van der Waals surface area contributed by atoms with E-state index in [1.165, 1.54) is 35.6 Å². The maximum Gasteiger partial charge on any atom is 0.335 e. The van der Waals surface area contributed by atoms with Gasteiger partial charge < -0.3 is 20.2 Å². The van der Waals surface area contributed by atoms with Gasteiger partial charge in [0.25, 0.3) is 11.8 Å². The SMILES string of the molecule is CC(=O)N1CCN(C(=O)c2cccc(CSc3ccc(NC(=O)c4ccc(C(=O)O)cc4)s3)c2)CC1. The zero-order valence-electron chi connectivity index (χ0n) is 19.6. The maximum atomic E-state index is 12.9. The van der Waals surface area contributed by atoms with Crippen molar-refractivity contribution < 1.29 is 24.3 Å². The highest BCUT2D eigenvalue weighted by Gasteiger charge is 2.23. The minimum absolute atomic E-state index is 0.0254.